The van der Waals surface area contributed by atoms with Gasteiger partial charge in [0.1, 0.15) is 5.75 Å². The van der Waals surface area contributed by atoms with Crippen molar-refractivity contribution in [2.24, 2.45) is 4.99 Å². The van der Waals surface area contributed by atoms with Crippen molar-refractivity contribution in [1.82, 2.24) is 20.8 Å². The molecule has 1 aromatic carbocycles. The Labute approximate surface area is 195 Å². The predicted molar refractivity (Wildman–Crippen MR) is 123 cm³/mol. The third-order valence-electron chi connectivity index (χ3n) is 3.89. The molecule has 0 aliphatic carbocycles. The summed E-state index contributed by atoms with van der Waals surface area (Å²) in [5, 5.41) is 13.6. The van der Waals surface area contributed by atoms with Crippen LogP contribution in [0.5, 0.6) is 5.75 Å². The van der Waals surface area contributed by atoms with Crippen molar-refractivity contribution in [3.8, 4) is 5.75 Å². The Hall–Kier alpha value is -1.33. The fourth-order valence-corrected chi connectivity index (χ4v) is 3.15. The topological polar surface area (TPSA) is 74.3 Å². The summed E-state index contributed by atoms with van der Waals surface area (Å²) in [7, 11) is 0. The lowest BCUT2D eigenvalue weighted by Gasteiger charge is -2.14. The molecule has 2 rings (SSSR count). The van der Waals surface area contributed by atoms with Gasteiger partial charge < -0.3 is 15.4 Å². The van der Waals surface area contributed by atoms with Crippen molar-refractivity contribution >= 4 is 53.1 Å². The lowest BCUT2D eigenvalue weighted by atomic mass is 10.1. The maximum absolute atomic E-state index is 12.7. The smallest absolute Gasteiger partial charge is 0.387 e. The monoisotopic (exact) mass is 561 g/mol. The van der Waals surface area contributed by atoms with Gasteiger partial charge in [-0.05, 0) is 44.4 Å². The summed E-state index contributed by atoms with van der Waals surface area (Å²) in [6, 6.07) is 2.87. The van der Waals surface area contributed by atoms with Crippen LogP contribution in [0.1, 0.15) is 30.2 Å². The van der Waals surface area contributed by atoms with E-state index in [-0.39, 0.29) is 41.3 Å². The third kappa shape index (κ3) is 8.51. The van der Waals surface area contributed by atoms with Gasteiger partial charge in [0.2, 0.25) is 0 Å². The normalized spacial score (nSPS) is 11.3. The Morgan fingerprint density at radius 1 is 1.28 bits per heavy atom. The van der Waals surface area contributed by atoms with Gasteiger partial charge in [-0.25, -0.2) is 4.99 Å². The summed E-state index contributed by atoms with van der Waals surface area (Å²) in [6.07, 6.45) is 3.58. The molecule has 0 bridgehead atoms. The summed E-state index contributed by atoms with van der Waals surface area (Å²) in [4.78, 5) is 4.42. The summed E-state index contributed by atoms with van der Waals surface area (Å²) in [5.74, 6) is 0.446. The SMILES string of the molecule is CCNC(=NCc1cc(Cl)cc(Cl)c1OC(F)F)NCCCc1cn[nH]c1C.I. The van der Waals surface area contributed by atoms with Crippen LogP contribution in [-0.2, 0) is 13.0 Å². The largest absolute Gasteiger partial charge is 0.433 e. The number of alkyl halides is 2. The second-order valence-corrected chi connectivity index (χ2v) is 6.84. The molecule has 0 aliphatic rings. The van der Waals surface area contributed by atoms with E-state index < -0.39 is 6.61 Å². The van der Waals surface area contributed by atoms with Gasteiger partial charge in [0.15, 0.2) is 5.96 Å². The van der Waals surface area contributed by atoms with E-state index in [4.69, 9.17) is 23.2 Å². The molecule has 11 heteroatoms. The number of aliphatic imine (C=N–C) groups is 1. The molecule has 162 valence electrons. The zero-order valence-electron chi connectivity index (χ0n) is 16.1. The number of benzene rings is 1. The number of guanidine groups is 1. The van der Waals surface area contributed by atoms with Crippen molar-refractivity contribution in [2.45, 2.75) is 39.8 Å². The highest BCUT2D eigenvalue weighted by molar-refractivity contribution is 14.0. The number of aromatic amines is 1. The van der Waals surface area contributed by atoms with E-state index in [1.165, 1.54) is 17.7 Å². The first kappa shape index (κ1) is 25.7. The Kier molecular flexibility index (Phi) is 11.6. The first-order chi connectivity index (χ1) is 13.4. The van der Waals surface area contributed by atoms with Crippen LogP contribution in [0.3, 0.4) is 0 Å². The Bertz CT molecular complexity index is 805. The maximum Gasteiger partial charge on any atom is 0.387 e. The molecular formula is C18H24Cl2F2IN5O. The number of hydrogen-bond acceptors (Lipinski definition) is 3. The van der Waals surface area contributed by atoms with E-state index in [2.05, 4.69) is 30.6 Å². The molecule has 0 amide bonds. The summed E-state index contributed by atoms with van der Waals surface area (Å²) >= 11 is 12.0. The third-order valence-corrected chi connectivity index (χ3v) is 4.39. The number of halogens is 5. The van der Waals surface area contributed by atoms with Crippen LogP contribution in [0.2, 0.25) is 10.0 Å². The quantitative estimate of drug-likeness (QED) is 0.176. The van der Waals surface area contributed by atoms with E-state index in [0.29, 0.717) is 29.6 Å². The number of aryl methyl sites for hydroxylation is 2. The average Bonchev–Trinajstić information content (AvgIpc) is 3.03. The van der Waals surface area contributed by atoms with Crippen molar-refractivity contribution in [1.29, 1.82) is 0 Å². The number of nitrogens with zero attached hydrogens (tertiary/aromatic N) is 2. The van der Waals surface area contributed by atoms with Crippen molar-refractivity contribution in [3.63, 3.8) is 0 Å². The number of H-pyrrole nitrogens is 1. The molecule has 2 aromatic rings. The first-order valence-corrected chi connectivity index (χ1v) is 9.60. The van der Waals surface area contributed by atoms with E-state index in [1.54, 1.807) is 0 Å². The summed E-state index contributed by atoms with van der Waals surface area (Å²) < 4.78 is 29.9. The van der Waals surface area contributed by atoms with Gasteiger partial charge in [0.05, 0.1) is 17.8 Å². The highest BCUT2D eigenvalue weighted by atomic mass is 127. The first-order valence-electron chi connectivity index (χ1n) is 8.84. The fraction of sp³-hybridized carbons (Fsp3) is 0.444. The molecule has 1 aromatic heterocycles. The van der Waals surface area contributed by atoms with Crippen LogP contribution in [0.4, 0.5) is 8.78 Å². The summed E-state index contributed by atoms with van der Waals surface area (Å²) in [5.41, 5.74) is 2.61. The van der Waals surface area contributed by atoms with Crippen molar-refractivity contribution < 1.29 is 13.5 Å². The van der Waals surface area contributed by atoms with Crippen LogP contribution < -0.4 is 15.4 Å². The van der Waals surface area contributed by atoms with Crippen molar-refractivity contribution in [2.75, 3.05) is 13.1 Å². The Morgan fingerprint density at radius 3 is 2.66 bits per heavy atom. The number of nitrogens with one attached hydrogen (secondary N) is 3. The number of aromatic nitrogens is 2. The minimum atomic E-state index is -2.99. The number of hydrogen-bond donors (Lipinski definition) is 3. The van der Waals surface area contributed by atoms with Crippen LogP contribution in [-0.4, -0.2) is 35.9 Å². The maximum atomic E-state index is 12.7. The predicted octanol–water partition coefficient (Wildman–Crippen LogP) is 4.93. The second kappa shape index (κ2) is 13.1. The number of ether oxygens (including phenoxy) is 1. The zero-order valence-corrected chi connectivity index (χ0v) is 19.9. The molecule has 0 atom stereocenters. The minimum absolute atomic E-state index is 0. The minimum Gasteiger partial charge on any atom is -0.433 e. The molecule has 0 radical (unpaired) electrons. The Morgan fingerprint density at radius 2 is 2.03 bits per heavy atom. The van der Waals surface area contributed by atoms with E-state index in [1.807, 2.05) is 20.0 Å². The van der Waals surface area contributed by atoms with Gasteiger partial charge in [0.25, 0.3) is 0 Å². The zero-order chi connectivity index (χ0) is 20.5. The molecule has 6 nitrogen and oxygen atoms in total. The highest BCUT2D eigenvalue weighted by Crippen LogP contribution is 2.34. The van der Waals surface area contributed by atoms with E-state index in [9.17, 15) is 8.78 Å². The van der Waals surface area contributed by atoms with Crippen LogP contribution in [0.25, 0.3) is 0 Å². The molecule has 0 saturated heterocycles. The molecule has 0 saturated carbocycles. The van der Waals surface area contributed by atoms with E-state index >= 15 is 0 Å². The van der Waals surface area contributed by atoms with Crippen LogP contribution in [0.15, 0.2) is 23.3 Å². The number of rotatable bonds is 9. The summed E-state index contributed by atoms with van der Waals surface area (Å²) in [6.45, 7) is 2.36. The van der Waals surface area contributed by atoms with Crippen molar-refractivity contribution in [3.05, 3.63) is 45.2 Å². The van der Waals surface area contributed by atoms with E-state index in [0.717, 1.165) is 18.5 Å². The van der Waals surface area contributed by atoms with Crippen LogP contribution >= 0.6 is 47.2 Å². The van der Waals surface area contributed by atoms with Gasteiger partial charge in [-0.1, -0.05) is 23.2 Å². The lowest BCUT2D eigenvalue weighted by molar-refractivity contribution is -0.0503. The molecule has 1 heterocycles. The van der Waals surface area contributed by atoms with Gasteiger partial charge >= 0.3 is 6.61 Å². The fourth-order valence-electron chi connectivity index (χ4n) is 2.57. The van der Waals surface area contributed by atoms with Gasteiger partial charge in [0, 0.05) is 29.4 Å². The van der Waals surface area contributed by atoms with Gasteiger partial charge in [-0.15, -0.1) is 24.0 Å². The standard InChI is InChI=1S/C18H23Cl2F2N5O.HI/c1-3-23-18(24-6-4-5-12-10-26-27-11(12)2)25-9-13-7-14(19)8-15(20)16(13)28-17(21)22;/h7-8,10,17H,3-6,9H2,1-2H3,(H,26,27)(H2,23,24,25);1H. The molecule has 0 aliphatic heterocycles. The van der Waals surface area contributed by atoms with Gasteiger partial charge in [-0.3, -0.25) is 5.10 Å². The second-order valence-electron chi connectivity index (χ2n) is 6.00. The molecule has 0 unspecified atom stereocenters. The van der Waals surface area contributed by atoms with Crippen LogP contribution in [0, 0.1) is 6.92 Å². The van der Waals surface area contributed by atoms with Gasteiger partial charge in [-0.2, -0.15) is 13.9 Å². The Balaban J connectivity index is 0.00000420. The lowest BCUT2D eigenvalue weighted by Crippen LogP contribution is -2.37. The highest BCUT2D eigenvalue weighted by Gasteiger charge is 2.15. The molecule has 29 heavy (non-hydrogen) atoms. The molecular weight excluding hydrogens is 538 g/mol. The molecule has 0 fully saturated rings. The molecule has 0 spiro atoms. The molecule has 3 N–H and O–H groups in total. The average molecular weight is 562 g/mol.